The molecule has 0 fully saturated rings. The van der Waals surface area contributed by atoms with Gasteiger partial charge >= 0.3 is 0 Å². The quantitative estimate of drug-likeness (QED) is 0.771. The second-order valence-electron chi connectivity index (χ2n) is 5.19. The average molecular weight is 409 g/mol. The lowest BCUT2D eigenvalue weighted by Gasteiger charge is -2.12. The molecule has 2 aromatic rings. The summed E-state index contributed by atoms with van der Waals surface area (Å²) in [6.07, 6.45) is 3.08. The van der Waals surface area contributed by atoms with E-state index in [1.165, 1.54) is 32.3 Å². The van der Waals surface area contributed by atoms with Gasteiger partial charge in [0, 0.05) is 30.3 Å². The molecular weight excluding hydrogens is 392 g/mol. The van der Waals surface area contributed by atoms with Gasteiger partial charge in [0.25, 0.3) is 0 Å². The van der Waals surface area contributed by atoms with Crippen LogP contribution in [0.5, 0.6) is 0 Å². The summed E-state index contributed by atoms with van der Waals surface area (Å²) in [7, 11) is -0.617. The highest BCUT2D eigenvalue weighted by Gasteiger charge is 2.17. The lowest BCUT2D eigenvalue weighted by atomic mass is 10.2. The Labute approximate surface area is 150 Å². The van der Waals surface area contributed by atoms with Crippen LogP contribution in [0.2, 0.25) is 0 Å². The number of hydrogen-bond donors (Lipinski definition) is 1. The van der Waals surface area contributed by atoms with Gasteiger partial charge in [-0.05, 0) is 42.0 Å². The van der Waals surface area contributed by atoms with Gasteiger partial charge in [0.1, 0.15) is 0 Å². The summed E-state index contributed by atoms with van der Waals surface area (Å²) in [5.41, 5.74) is 1.30. The Morgan fingerprint density at radius 1 is 1.12 bits per heavy atom. The van der Waals surface area contributed by atoms with Gasteiger partial charge in [0.05, 0.1) is 4.90 Å². The minimum absolute atomic E-state index is 0.126. The van der Waals surface area contributed by atoms with Gasteiger partial charge in [0.2, 0.25) is 15.9 Å². The lowest BCUT2D eigenvalue weighted by Crippen LogP contribution is -2.22. The molecule has 0 heterocycles. The van der Waals surface area contributed by atoms with Crippen LogP contribution in [-0.2, 0) is 14.8 Å². The van der Waals surface area contributed by atoms with Gasteiger partial charge in [-0.15, -0.1) is 0 Å². The van der Waals surface area contributed by atoms with Crippen molar-refractivity contribution in [2.75, 3.05) is 19.4 Å². The number of amides is 1. The zero-order chi connectivity index (χ0) is 17.7. The number of sulfonamides is 1. The maximum absolute atomic E-state index is 12.1. The van der Waals surface area contributed by atoms with Gasteiger partial charge in [-0.3, -0.25) is 4.79 Å². The summed E-state index contributed by atoms with van der Waals surface area (Å²) in [5, 5.41) is 2.66. The van der Waals surface area contributed by atoms with Crippen molar-refractivity contribution in [2.45, 2.75) is 4.90 Å². The van der Waals surface area contributed by atoms with Crippen LogP contribution in [0.3, 0.4) is 0 Å². The molecule has 0 bridgehead atoms. The van der Waals surface area contributed by atoms with E-state index in [1.54, 1.807) is 18.2 Å². The topological polar surface area (TPSA) is 66.5 Å². The van der Waals surface area contributed by atoms with E-state index in [1.807, 2.05) is 24.3 Å². The van der Waals surface area contributed by atoms with E-state index >= 15 is 0 Å². The average Bonchev–Trinajstić information content (AvgIpc) is 2.53. The Hall–Kier alpha value is -1.96. The molecule has 1 amide bonds. The molecule has 1 N–H and O–H groups in total. The number of carbonyl (C=O) groups excluding carboxylic acids is 1. The van der Waals surface area contributed by atoms with Gasteiger partial charge in [0.15, 0.2) is 0 Å². The zero-order valence-electron chi connectivity index (χ0n) is 13.2. The Morgan fingerprint density at radius 2 is 1.83 bits per heavy atom. The van der Waals surface area contributed by atoms with Crippen LogP contribution >= 0.6 is 15.9 Å². The Balaban J connectivity index is 2.12. The van der Waals surface area contributed by atoms with Crippen LogP contribution in [-0.4, -0.2) is 32.7 Å². The van der Waals surface area contributed by atoms with Crippen molar-refractivity contribution in [3.8, 4) is 0 Å². The predicted molar refractivity (Wildman–Crippen MR) is 99.1 cm³/mol. The van der Waals surface area contributed by atoms with E-state index in [4.69, 9.17) is 0 Å². The molecule has 0 aliphatic carbocycles. The fourth-order valence-corrected chi connectivity index (χ4v) is 3.28. The molecule has 0 spiro atoms. The van der Waals surface area contributed by atoms with E-state index in [0.717, 1.165) is 14.3 Å². The molecule has 7 heteroatoms. The number of nitrogens with one attached hydrogen (secondary N) is 1. The summed E-state index contributed by atoms with van der Waals surface area (Å²) in [6.45, 7) is 0. The molecule has 24 heavy (non-hydrogen) atoms. The van der Waals surface area contributed by atoms with Crippen molar-refractivity contribution in [3.05, 3.63) is 64.6 Å². The van der Waals surface area contributed by atoms with E-state index in [-0.39, 0.29) is 10.8 Å². The third kappa shape index (κ3) is 4.77. The van der Waals surface area contributed by atoms with Gasteiger partial charge in [-0.25, -0.2) is 12.7 Å². The van der Waals surface area contributed by atoms with Crippen molar-refractivity contribution in [2.24, 2.45) is 0 Å². The molecule has 0 atom stereocenters. The monoisotopic (exact) mass is 408 g/mol. The van der Waals surface area contributed by atoms with Crippen LogP contribution in [0.1, 0.15) is 5.56 Å². The zero-order valence-corrected chi connectivity index (χ0v) is 15.6. The number of rotatable bonds is 5. The predicted octanol–water partition coefficient (Wildman–Crippen LogP) is 3.35. The summed E-state index contributed by atoms with van der Waals surface area (Å²) < 4.78 is 26.3. The number of carbonyl (C=O) groups is 1. The highest BCUT2D eigenvalue weighted by atomic mass is 79.9. The van der Waals surface area contributed by atoms with Crippen LogP contribution in [0.15, 0.2) is 64.0 Å². The standard InChI is InChI=1S/C17H17BrN2O3S/c1-20(2)24(22,23)16-8-4-7-15(12-16)19-17(21)10-9-13-5-3-6-14(18)11-13/h3-12H,1-2H3,(H,19,21)/b10-9+. The number of halogens is 1. The molecule has 2 aromatic carbocycles. The van der Waals surface area contributed by atoms with Crippen LogP contribution in [0.4, 0.5) is 5.69 Å². The highest BCUT2D eigenvalue weighted by Crippen LogP contribution is 2.18. The number of hydrogen-bond acceptors (Lipinski definition) is 3. The van der Waals surface area contributed by atoms with Crippen LogP contribution in [0.25, 0.3) is 6.08 Å². The third-order valence-corrected chi connectivity index (χ3v) is 5.46. The maximum Gasteiger partial charge on any atom is 0.248 e. The minimum Gasteiger partial charge on any atom is -0.322 e. The highest BCUT2D eigenvalue weighted by molar-refractivity contribution is 9.10. The molecule has 0 aliphatic rings. The maximum atomic E-state index is 12.1. The molecule has 2 rings (SSSR count). The first-order valence-electron chi connectivity index (χ1n) is 7.06. The smallest absolute Gasteiger partial charge is 0.248 e. The molecule has 126 valence electrons. The minimum atomic E-state index is -3.54. The normalized spacial score (nSPS) is 11.8. The van der Waals surface area contributed by atoms with Crippen molar-refractivity contribution in [3.63, 3.8) is 0 Å². The number of anilines is 1. The molecule has 5 nitrogen and oxygen atoms in total. The summed E-state index contributed by atoms with van der Waals surface area (Å²) in [4.78, 5) is 12.1. The molecule has 0 saturated heterocycles. The van der Waals surface area contributed by atoms with Crippen molar-refractivity contribution >= 4 is 43.6 Å². The molecular formula is C17H17BrN2O3S. The van der Waals surface area contributed by atoms with Crippen LogP contribution < -0.4 is 5.32 Å². The van der Waals surface area contributed by atoms with Crippen LogP contribution in [0, 0.1) is 0 Å². The Kier molecular flexibility index (Phi) is 5.93. The molecule has 0 aliphatic heterocycles. The molecule has 0 saturated carbocycles. The first kappa shape index (κ1) is 18.4. The molecule has 0 aromatic heterocycles. The number of benzene rings is 2. The second-order valence-corrected chi connectivity index (χ2v) is 8.26. The van der Waals surface area contributed by atoms with Crippen molar-refractivity contribution in [1.82, 2.24) is 4.31 Å². The van der Waals surface area contributed by atoms with Crippen molar-refractivity contribution in [1.29, 1.82) is 0 Å². The summed E-state index contributed by atoms with van der Waals surface area (Å²) in [5.74, 6) is -0.339. The van der Waals surface area contributed by atoms with E-state index in [9.17, 15) is 13.2 Å². The first-order valence-corrected chi connectivity index (χ1v) is 9.29. The largest absolute Gasteiger partial charge is 0.322 e. The first-order chi connectivity index (χ1) is 11.3. The fraction of sp³-hybridized carbons (Fsp3) is 0.118. The van der Waals surface area contributed by atoms with Gasteiger partial charge in [-0.1, -0.05) is 34.1 Å². The van der Waals surface area contributed by atoms with E-state index < -0.39 is 10.0 Å². The molecule has 0 radical (unpaired) electrons. The van der Waals surface area contributed by atoms with E-state index in [0.29, 0.717) is 5.69 Å². The Morgan fingerprint density at radius 3 is 2.50 bits per heavy atom. The summed E-state index contributed by atoms with van der Waals surface area (Å²) in [6, 6.07) is 13.7. The van der Waals surface area contributed by atoms with E-state index in [2.05, 4.69) is 21.2 Å². The summed E-state index contributed by atoms with van der Waals surface area (Å²) >= 11 is 3.37. The second kappa shape index (κ2) is 7.74. The fourth-order valence-electron chi connectivity index (χ4n) is 1.91. The van der Waals surface area contributed by atoms with Gasteiger partial charge in [-0.2, -0.15) is 0 Å². The third-order valence-electron chi connectivity index (χ3n) is 3.16. The SMILES string of the molecule is CN(C)S(=O)(=O)c1cccc(NC(=O)/C=C/c2cccc(Br)c2)c1. The molecule has 0 unspecified atom stereocenters. The Bertz CT molecular complexity index is 877. The van der Waals surface area contributed by atoms with Crippen molar-refractivity contribution < 1.29 is 13.2 Å². The van der Waals surface area contributed by atoms with Gasteiger partial charge < -0.3 is 5.32 Å². The number of nitrogens with zero attached hydrogens (tertiary/aromatic N) is 1. The lowest BCUT2D eigenvalue weighted by molar-refractivity contribution is -0.111.